The van der Waals surface area contributed by atoms with E-state index in [-0.39, 0.29) is 0 Å². The predicted octanol–water partition coefficient (Wildman–Crippen LogP) is 10.3. The van der Waals surface area contributed by atoms with E-state index in [0.29, 0.717) is 12.8 Å². The Bertz CT molecular complexity index is 496. The molecule has 2 N–H and O–H groups in total. The van der Waals surface area contributed by atoms with Crippen LogP contribution in [0.3, 0.4) is 0 Å². The first-order valence-corrected chi connectivity index (χ1v) is 14.8. The largest absolute Gasteiger partial charge is 0.481 e. The van der Waals surface area contributed by atoms with Crippen LogP contribution in [0.15, 0.2) is 24.3 Å². The summed E-state index contributed by atoms with van der Waals surface area (Å²) in [6.45, 7) is 4.47. The summed E-state index contributed by atoms with van der Waals surface area (Å²) >= 11 is 0. The van der Waals surface area contributed by atoms with Crippen LogP contribution in [-0.2, 0) is 9.59 Å². The summed E-state index contributed by atoms with van der Waals surface area (Å²) in [4.78, 5) is 20.6. The van der Waals surface area contributed by atoms with Gasteiger partial charge in [0.1, 0.15) is 0 Å². The highest BCUT2D eigenvalue weighted by molar-refractivity contribution is 5.66. The third-order valence-corrected chi connectivity index (χ3v) is 6.05. The van der Waals surface area contributed by atoms with Crippen molar-refractivity contribution in [1.29, 1.82) is 0 Å². The van der Waals surface area contributed by atoms with Crippen LogP contribution in [0.2, 0.25) is 0 Å². The summed E-state index contributed by atoms with van der Waals surface area (Å²) in [6, 6.07) is 0. The minimum absolute atomic E-state index is 0.331. The minimum atomic E-state index is -0.667. The third-order valence-electron chi connectivity index (χ3n) is 6.05. The van der Waals surface area contributed by atoms with Gasteiger partial charge < -0.3 is 10.2 Å². The van der Waals surface area contributed by atoms with Crippen LogP contribution >= 0.6 is 0 Å². The first-order valence-electron chi connectivity index (χ1n) is 14.8. The lowest BCUT2D eigenvalue weighted by Crippen LogP contribution is -1.93. The van der Waals surface area contributed by atoms with Gasteiger partial charge in [-0.25, -0.2) is 0 Å². The Balaban J connectivity index is 0. The average Bonchev–Trinajstić information content (AvgIpc) is 2.83. The van der Waals surface area contributed by atoms with Crippen molar-refractivity contribution >= 4 is 11.9 Å². The maximum Gasteiger partial charge on any atom is 0.303 e. The SMILES string of the molecule is CCCCC/C=C\CCCCCCCC(=O)O.CCCCCC/C=C\CCCCCCCC(=O)O. The molecule has 0 saturated carbocycles. The van der Waals surface area contributed by atoms with Crippen LogP contribution in [-0.4, -0.2) is 22.2 Å². The fraction of sp³-hybridized carbons (Fsp3) is 0.806. The molecule has 4 heteroatoms. The van der Waals surface area contributed by atoms with E-state index in [9.17, 15) is 9.59 Å². The summed E-state index contributed by atoms with van der Waals surface area (Å²) in [5.74, 6) is -1.33. The van der Waals surface area contributed by atoms with Gasteiger partial charge in [0, 0.05) is 12.8 Å². The molecule has 0 bridgehead atoms. The molecule has 0 aromatic carbocycles. The average molecular weight is 495 g/mol. The molecule has 35 heavy (non-hydrogen) atoms. The number of unbranched alkanes of at least 4 members (excludes halogenated alkanes) is 17. The monoisotopic (exact) mass is 494 g/mol. The summed E-state index contributed by atoms with van der Waals surface area (Å²) in [5, 5.41) is 16.9. The van der Waals surface area contributed by atoms with E-state index in [4.69, 9.17) is 10.2 Å². The Morgan fingerprint density at radius 1 is 0.429 bits per heavy atom. The van der Waals surface area contributed by atoms with Crippen LogP contribution in [0.25, 0.3) is 0 Å². The number of hydrogen-bond acceptors (Lipinski definition) is 2. The third kappa shape index (κ3) is 39.9. The molecule has 0 aromatic heterocycles. The first kappa shape index (κ1) is 35.6. The Hall–Kier alpha value is -1.58. The van der Waals surface area contributed by atoms with Crippen molar-refractivity contribution in [1.82, 2.24) is 0 Å². The van der Waals surface area contributed by atoms with Crippen LogP contribution in [0.1, 0.15) is 162 Å². The van der Waals surface area contributed by atoms with Crippen molar-refractivity contribution in [2.24, 2.45) is 0 Å². The molecule has 0 unspecified atom stereocenters. The van der Waals surface area contributed by atoms with E-state index in [2.05, 4.69) is 38.2 Å². The zero-order valence-electron chi connectivity index (χ0n) is 23.3. The maximum atomic E-state index is 10.3. The molecule has 0 atom stereocenters. The standard InChI is InChI=1S/C16H30O2.C15H28O2/c1-2-3-4-5-6-7-8-9-10-11-12-13-14-15-16(17)18;1-2-3-4-5-6-7-8-9-10-11-12-13-14-15(16)17/h7-8H,2-6,9-15H2,1H3,(H,17,18);6-7H,2-5,8-14H2,1H3,(H,16,17)/b8-7-;7-6-. The number of carboxylic acid groups (broad SMARTS) is 2. The van der Waals surface area contributed by atoms with Crippen molar-refractivity contribution < 1.29 is 19.8 Å². The number of allylic oxidation sites excluding steroid dienone is 4. The van der Waals surface area contributed by atoms with Gasteiger partial charge >= 0.3 is 11.9 Å². The summed E-state index contributed by atoms with van der Waals surface area (Å²) in [5.41, 5.74) is 0. The van der Waals surface area contributed by atoms with Gasteiger partial charge in [0.15, 0.2) is 0 Å². The van der Waals surface area contributed by atoms with Gasteiger partial charge in [0.2, 0.25) is 0 Å². The topological polar surface area (TPSA) is 74.6 Å². The van der Waals surface area contributed by atoms with Gasteiger partial charge in [0.25, 0.3) is 0 Å². The molecule has 0 spiro atoms. The van der Waals surface area contributed by atoms with Gasteiger partial charge in [-0.2, -0.15) is 0 Å². The van der Waals surface area contributed by atoms with Crippen LogP contribution < -0.4 is 0 Å². The van der Waals surface area contributed by atoms with Crippen molar-refractivity contribution in [3.63, 3.8) is 0 Å². The summed E-state index contributed by atoms with van der Waals surface area (Å²) in [6.07, 6.45) is 35.2. The summed E-state index contributed by atoms with van der Waals surface area (Å²) in [7, 11) is 0. The Kier molecular flexibility index (Phi) is 33.0. The van der Waals surface area contributed by atoms with E-state index in [1.807, 2.05) is 0 Å². The predicted molar refractivity (Wildman–Crippen MR) is 151 cm³/mol. The molecule has 0 saturated heterocycles. The van der Waals surface area contributed by atoms with Gasteiger partial charge in [-0.15, -0.1) is 0 Å². The highest BCUT2D eigenvalue weighted by Crippen LogP contribution is 2.09. The quantitative estimate of drug-likeness (QED) is 0.0977. The lowest BCUT2D eigenvalue weighted by molar-refractivity contribution is -0.138. The molecule has 4 nitrogen and oxygen atoms in total. The molecule has 0 amide bonds. The Morgan fingerprint density at radius 3 is 1.03 bits per heavy atom. The van der Waals surface area contributed by atoms with E-state index in [1.165, 1.54) is 109 Å². The molecular weight excluding hydrogens is 436 g/mol. The van der Waals surface area contributed by atoms with Crippen LogP contribution in [0, 0.1) is 0 Å². The molecule has 0 aliphatic rings. The van der Waals surface area contributed by atoms with Crippen molar-refractivity contribution in [2.75, 3.05) is 0 Å². The number of hydrogen-bond donors (Lipinski definition) is 2. The van der Waals surface area contributed by atoms with Crippen LogP contribution in [0.5, 0.6) is 0 Å². The highest BCUT2D eigenvalue weighted by Gasteiger charge is 1.96. The second-order valence-electron chi connectivity index (χ2n) is 9.69. The zero-order chi connectivity index (χ0) is 26.2. The molecule has 0 heterocycles. The lowest BCUT2D eigenvalue weighted by atomic mass is 10.1. The van der Waals surface area contributed by atoms with Gasteiger partial charge in [-0.05, 0) is 64.2 Å². The lowest BCUT2D eigenvalue weighted by Gasteiger charge is -1.98. The number of carbonyl (C=O) groups is 2. The molecule has 0 aliphatic heterocycles. The number of carboxylic acids is 2. The first-order chi connectivity index (χ1) is 17.0. The Morgan fingerprint density at radius 2 is 0.686 bits per heavy atom. The molecule has 206 valence electrons. The molecule has 0 aromatic rings. The van der Waals surface area contributed by atoms with E-state index < -0.39 is 11.9 Å². The normalized spacial score (nSPS) is 11.1. The van der Waals surface area contributed by atoms with Gasteiger partial charge in [-0.1, -0.05) is 109 Å². The van der Waals surface area contributed by atoms with E-state index in [1.54, 1.807) is 0 Å². The second-order valence-corrected chi connectivity index (χ2v) is 9.69. The van der Waals surface area contributed by atoms with E-state index >= 15 is 0 Å². The fourth-order valence-electron chi connectivity index (χ4n) is 3.81. The zero-order valence-corrected chi connectivity index (χ0v) is 23.3. The Labute approximate surface area is 217 Å². The van der Waals surface area contributed by atoms with Crippen LogP contribution in [0.4, 0.5) is 0 Å². The van der Waals surface area contributed by atoms with Gasteiger partial charge in [0.05, 0.1) is 0 Å². The van der Waals surface area contributed by atoms with Crippen molar-refractivity contribution in [3.05, 3.63) is 24.3 Å². The van der Waals surface area contributed by atoms with Crippen molar-refractivity contribution in [2.45, 2.75) is 162 Å². The fourth-order valence-corrected chi connectivity index (χ4v) is 3.81. The highest BCUT2D eigenvalue weighted by atomic mass is 16.4. The van der Waals surface area contributed by atoms with Crippen molar-refractivity contribution in [3.8, 4) is 0 Å². The summed E-state index contributed by atoms with van der Waals surface area (Å²) < 4.78 is 0. The molecular formula is C31H58O4. The molecule has 0 aliphatic carbocycles. The van der Waals surface area contributed by atoms with Gasteiger partial charge in [-0.3, -0.25) is 9.59 Å². The molecule has 0 rings (SSSR count). The van der Waals surface area contributed by atoms with E-state index in [0.717, 1.165) is 25.7 Å². The smallest absolute Gasteiger partial charge is 0.303 e. The number of rotatable bonds is 25. The maximum absolute atomic E-state index is 10.3. The second kappa shape index (κ2) is 32.4. The number of aliphatic carboxylic acids is 2. The molecule has 0 radical (unpaired) electrons. The minimum Gasteiger partial charge on any atom is -0.481 e. The molecule has 0 fully saturated rings.